The molecule has 0 aliphatic heterocycles. The summed E-state index contributed by atoms with van der Waals surface area (Å²) in [6, 6.07) is 0. The summed E-state index contributed by atoms with van der Waals surface area (Å²) in [6.45, 7) is 4.09. The van der Waals surface area contributed by atoms with Gasteiger partial charge in [0.25, 0.3) is 0 Å². The van der Waals surface area contributed by atoms with Gasteiger partial charge in [-0.3, -0.25) is 9.36 Å². The van der Waals surface area contributed by atoms with E-state index in [9.17, 15) is 9.36 Å². The van der Waals surface area contributed by atoms with Crippen LogP contribution in [0, 0.1) is 0 Å². The van der Waals surface area contributed by atoms with Crippen LogP contribution in [0.5, 0.6) is 0 Å². The maximum atomic E-state index is 10.7. The van der Waals surface area contributed by atoms with Crippen molar-refractivity contribution in [1.82, 2.24) is 0 Å². The van der Waals surface area contributed by atoms with Gasteiger partial charge in [-0.05, 0) is 20.8 Å². The Morgan fingerprint density at radius 1 is 1.36 bits per heavy atom. The molecule has 0 rings (SSSR count). The Balaban J connectivity index is 0. The number of Topliss-reactive ketones (excluding diaryl/α,β-unsaturated/α-hetero) is 1. The minimum absolute atomic E-state index is 0.0860. The van der Waals surface area contributed by atoms with Gasteiger partial charge in [0, 0.05) is 20.6 Å². The van der Waals surface area contributed by atoms with Crippen LogP contribution in [0.1, 0.15) is 27.2 Å². The maximum Gasteiger partial charge on any atom is 0.331 e. The third-order valence-corrected chi connectivity index (χ3v) is 3.21. The molecule has 0 spiro atoms. The molecule has 6 heteroatoms. The van der Waals surface area contributed by atoms with E-state index in [0.29, 0.717) is 0 Å². The van der Waals surface area contributed by atoms with Gasteiger partial charge < -0.3 is 14.5 Å². The molecule has 14 heavy (non-hydrogen) atoms. The van der Waals surface area contributed by atoms with E-state index in [1.54, 1.807) is 14.2 Å². The highest BCUT2D eigenvalue weighted by Gasteiger charge is 2.38. The van der Waals surface area contributed by atoms with Crippen molar-refractivity contribution in [2.75, 3.05) is 14.2 Å². The van der Waals surface area contributed by atoms with E-state index in [-0.39, 0.29) is 12.2 Å². The lowest BCUT2D eigenvalue weighted by molar-refractivity contribution is -0.117. The zero-order valence-electron chi connectivity index (χ0n) is 9.27. The van der Waals surface area contributed by atoms with Gasteiger partial charge in [0.2, 0.25) is 0 Å². The number of ketones is 1. The molecule has 0 aromatic carbocycles. The molecular weight excluding hydrogens is 207 g/mol. The molecule has 0 fully saturated rings. The van der Waals surface area contributed by atoms with Crippen molar-refractivity contribution in [3.05, 3.63) is 0 Å². The van der Waals surface area contributed by atoms with Crippen molar-refractivity contribution in [2.45, 2.75) is 32.3 Å². The predicted molar refractivity (Wildman–Crippen MR) is 54.4 cm³/mol. The van der Waals surface area contributed by atoms with Crippen molar-refractivity contribution < 1.29 is 23.9 Å². The normalized spacial score (nSPS) is 11.6. The van der Waals surface area contributed by atoms with Crippen molar-refractivity contribution in [1.29, 1.82) is 0 Å². The van der Waals surface area contributed by atoms with Crippen molar-refractivity contribution in [2.24, 2.45) is 0 Å². The second-order valence-corrected chi connectivity index (χ2v) is 5.94. The molecule has 0 heterocycles. The Morgan fingerprint density at radius 2 is 1.64 bits per heavy atom. The molecule has 0 saturated heterocycles. The highest BCUT2D eigenvalue weighted by molar-refractivity contribution is 7.53. The van der Waals surface area contributed by atoms with Gasteiger partial charge in [-0.15, -0.1) is 0 Å². The van der Waals surface area contributed by atoms with Crippen LogP contribution < -0.4 is 0 Å². The third kappa shape index (κ3) is 7.21. The quantitative estimate of drug-likeness (QED) is 0.706. The number of carbonyl (C=O) groups excluding carboxylic acids is 1. The highest BCUT2D eigenvalue weighted by Crippen LogP contribution is 2.51. The molecule has 0 atom stereocenters. The summed E-state index contributed by atoms with van der Waals surface area (Å²) in [5.41, 5.74) is 0. The Labute approximate surface area is 84.6 Å². The molecule has 0 saturated carbocycles. The first-order valence-corrected chi connectivity index (χ1v) is 5.65. The van der Waals surface area contributed by atoms with E-state index in [1.165, 1.54) is 20.8 Å². The lowest BCUT2D eigenvalue weighted by Gasteiger charge is -2.23. The van der Waals surface area contributed by atoms with Gasteiger partial charge >= 0.3 is 7.60 Å². The first kappa shape index (κ1) is 16.2. The van der Waals surface area contributed by atoms with Gasteiger partial charge in [0.1, 0.15) is 5.78 Å². The van der Waals surface area contributed by atoms with Crippen LogP contribution in [0.4, 0.5) is 0 Å². The summed E-state index contributed by atoms with van der Waals surface area (Å²) in [5.74, 6) is -0.210. The van der Waals surface area contributed by atoms with Crippen LogP contribution in [-0.2, 0) is 14.1 Å². The molecule has 0 aliphatic carbocycles. The first-order chi connectivity index (χ1) is 6.08. The minimum Gasteiger partial charge on any atom is -0.388 e. The molecule has 0 unspecified atom stereocenters. The van der Waals surface area contributed by atoms with E-state index in [2.05, 4.69) is 4.74 Å². The zero-order chi connectivity index (χ0) is 12.0. The summed E-state index contributed by atoms with van der Waals surface area (Å²) in [7, 11) is -0.893. The van der Waals surface area contributed by atoms with Gasteiger partial charge in [-0.25, -0.2) is 0 Å². The van der Waals surface area contributed by atoms with Gasteiger partial charge in [0.15, 0.2) is 0 Å². The largest absolute Gasteiger partial charge is 0.388 e. The highest BCUT2D eigenvalue weighted by atomic mass is 31.2. The average molecular weight is 226 g/mol. The van der Waals surface area contributed by atoms with Gasteiger partial charge in [0.05, 0.1) is 5.16 Å². The Bertz CT molecular complexity index is 218. The number of rotatable bonds is 3. The summed E-state index contributed by atoms with van der Waals surface area (Å²) >= 11 is 0. The first-order valence-electron chi connectivity index (χ1n) is 4.03. The summed E-state index contributed by atoms with van der Waals surface area (Å²) in [4.78, 5) is 28.1. The molecule has 0 amide bonds. The number of hydrogen-bond donors (Lipinski definition) is 2. The van der Waals surface area contributed by atoms with Crippen LogP contribution in [0.15, 0.2) is 0 Å². The van der Waals surface area contributed by atoms with Crippen LogP contribution in [0.2, 0.25) is 0 Å². The second kappa shape index (κ2) is 6.30. The molecule has 86 valence electrons. The smallest absolute Gasteiger partial charge is 0.331 e. The summed E-state index contributed by atoms with van der Waals surface area (Å²) in [5, 5.41) is -1.22. The molecule has 0 aromatic rings. The Hall–Kier alpha value is -0.220. The SMILES string of the molecule is CC(=O)CC(C)(C)P(=O)(O)O.COC. The van der Waals surface area contributed by atoms with Crippen LogP contribution >= 0.6 is 7.60 Å². The van der Waals surface area contributed by atoms with Crippen molar-refractivity contribution in [3.63, 3.8) is 0 Å². The zero-order valence-corrected chi connectivity index (χ0v) is 10.2. The van der Waals surface area contributed by atoms with E-state index in [4.69, 9.17) is 9.79 Å². The summed E-state index contributed by atoms with van der Waals surface area (Å²) < 4.78 is 15.0. The number of methoxy groups -OCH3 is 1. The maximum absolute atomic E-state index is 10.7. The van der Waals surface area contributed by atoms with Crippen molar-refractivity contribution >= 4 is 13.4 Å². The summed E-state index contributed by atoms with van der Waals surface area (Å²) in [6.07, 6.45) is -0.0860. The molecule has 0 aromatic heterocycles. The Morgan fingerprint density at radius 3 is 1.71 bits per heavy atom. The molecule has 2 N–H and O–H groups in total. The second-order valence-electron chi connectivity index (χ2n) is 3.64. The average Bonchev–Trinajstić information content (AvgIpc) is 1.82. The molecule has 5 nitrogen and oxygen atoms in total. The van der Waals surface area contributed by atoms with Crippen LogP contribution in [-0.4, -0.2) is 34.9 Å². The monoisotopic (exact) mass is 226 g/mol. The number of hydrogen-bond acceptors (Lipinski definition) is 3. The predicted octanol–water partition coefficient (Wildman–Crippen LogP) is 1.18. The molecular formula is C8H19O5P. The third-order valence-electron chi connectivity index (χ3n) is 1.47. The Kier molecular flexibility index (Phi) is 7.30. The topological polar surface area (TPSA) is 83.8 Å². The standard InChI is InChI=1S/C6H13O4P.C2H6O/c1-5(7)4-6(2,3)11(8,9)10;1-3-2/h4H2,1-3H3,(H2,8,9,10);1-2H3. The number of carbonyl (C=O) groups is 1. The van der Waals surface area contributed by atoms with E-state index < -0.39 is 12.8 Å². The van der Waals surface area contributed by atoms with E-state index >= 15 is 0 Å². The molecule has 0 aliphatic rings. The van der Waals surface area contributed by atoms with Crippen molar-refractivity contribution in [3.8, 4) is 0 Å². The van der Waals surface area contributed by atoms with Gasteiger partial charge in [-0.1, -0.05) is 0 Å². The molecule has 0 radical (unpaired) electrons. The lowest BCUT2D eigenvalue weighted by atomic mass is 10.1. The fraction of sp³-hybridized carbons (Fsp3) is 0.875. The fourth-order valence-corrected chi connectivity index (χ4v) is 1.14. The van der Waals surface area contributed by atoms with Crippen LogP contribution in [0.25, 0.3) is 0 Å². The lowest BCUT2D eigenvalue weighted by Crippen LogP contribution is -2.23. The minimum atomic E-state index is -4.14. The van der Waals surface area contributed by atoms with Gasteiger partial charge in [-0.2, -0.15) is 0 Å². The van der Waals surface area contributed by atoms with E-state index in [0.717, 1.165) is 0 Å². The molecule has 0 bridgehead atoms. The van der Waals surface area contributed by atoms with E-state index in [1.807, 2.05) is 0 Å². The fourth-order valence-electron chi connectivity index (χ4n) is 0.712. The number of ether oxygens (including phenoxy) is 1. The van der Waals surface area contributed by atoms with Crippen LogP contribution in [0.3, 0.4) is 0 Å².